The van der Waals surface area contributed by atoms with Crippen LogP contribution in [0.1, 0.15) is 0 Å². The summed E-state index contributed by atoms with van der Waals surface area (Å²) in [5, 5.41) is 6.94. The Bertz CT molecular complexity index is 1010. The summed E-state index contributed by atoms with van der Waals surface area (Å²) < 4.78 is 12.8. The maximum atomic E-state index is 12.4. The molecule has 9 nitrogen and oxygen atoms in total. The third-order valence-corrected chi connectivity index (χ3v) is 3.91. The lowest BCUT2D eigenvalue weighted by Gasteiger charge is -2.11. The predicted molar refractivity (Wildman–Crippen MR) is 98.9 cm³/mol. The van der Waals surface area contributed by atoms with E-state index in [0.29, 0.717) is 28.7 Å². The van der Waals surface area contributed by atoms with Gasteiger partial charge in [0, 0.05) is 19.3 Å². The van der Waals surface area contributed by atoms with Gasteiger partial charge in [0.1, 0.15) is 23.7 Å². The molecule has 3 aromatic rings. The second-order valence-electron chi connectivity index (χ2n) is 5.65. The number of pyridine rings is 1. The highest BCUT2D eigenvalue weighted by atomic mass is 16.5. The first-order valence-electron chi connectivity index (χ1n) is 8.10. The van der Waals surface area contributed by atoms with Gasteiger partial charge in [0.05, 0.1) is 19.9 Å². The number of methoxy groups -OCH3 is 2. The fourth-order valence-electron chi connectivity index (χ4n) is 2.55. The molecule has 0 bridgehead atoms. The van der Waals surface area contributed by atoms with Crippen LogP contribution in [0, 0.1) is 0 Å². The molecule has 140 valence electrons. The van der Waals surface area contributed by atoms with Gasteiger partial charge in [0.15, 0.2) is 5.82 Å². The first kappa shape index (κ1) is 18.2. The molecule has 1 N–H and O–H groups in total. The maximum Gasteiger partial charge on any atom is 0.346 e. The molecule has 0 aliphatic heterocycles. The van der Waals surface area contributed by atoms with Gasteiger partial charge in [-0.15, -0.1) is 5.10 Å². The van der Waals surface area contributed by atoms with E-state index in [1.807, 2.05) is 0 Å². The van der Waals surface area contributed by atoms with Crippen LogP contribution in [0.4, 0.5) is 5.69 Å². The molecule has 0 atom stereocenters. The normalized spacial score (nSPS) is 10.5. The molecule has 0 aliphatic rings. The number of amides is 1. The lowest BCUT2D eigenvalue weighted by molar-refractivity contribution is -0.117. The first-order valence-corrected chi connectivity index (χ1v) is 8.10. The SMILES string of the molecule is COc1ccc(OC)c(NC(=O)Cn2nc(-c3ccccn3)n(C)c2=O)c1. The highest BCUT2D eigenvalue weighted by Crippen LogP contribution is 2.28. The Morgan fingerprint density at radius 2 is 2.00 bits per heavy atom. The van der Waals surface area contributed by atoms with E-state index in [9.17, 15) is 9.59 Å². The zero-order chi connectivity index (χ0) is 19.4. The van der Waals surface area contributed by atoms with E-state index in [1.165, 1.54) is 18.8 Å². The molecular weight excluding hydrogens is 350 g/mol. The van der Waals surface area contributed by atoms with E-state index in [1.54, 1.807) is 49.6 Å². The third kappa shape index (κ3) is 3.81. The summed E-state index contributed by atoms with van der Waals surface area (Å²) in [6.45, 7) is -0.250. The Labute approximate surface area is 155 Å². The number of rotatable bonds is 6. The second kappa shape index (κ2) is 7.73. The Hall–Kier alpha value is -3.62. The number of nitrogens with one attached hydrogen (secondary N) is 1. The summed E-state index contributed by atoms with van der Waals surface area (Å²) >= 11 is 0. The molecule has 2 heterocycles. The summed E-state index contributed by atoms with van der Waals surface area (Å²) in [5.74, 6) is 1.01. The number of anilines is 1. The van der Waals surface area contributed by atoms with Gasteiger partial charge in [-0.25, -0.2) is 9.48 Å². The maximum absolute atomic E-state index is 12.4. The second-order valence-corrected chi connectivity index (χ2v) is 5.65. The van der Waals surface area contributed by atoms with Crippen molar-refractivity contribution < 1.29 is 14.3 Å². The van der Waals surface area contributed by atoms with Crippen molar-refractivity contribution >= 4 is 11.6 Å². The van der Waals surface area contributed by atoms with E-state index in [0.717, 1.165) is 4.68 Å². The zero-order valence-electron chi connectivity index (χ0n) is 15.2. The van der Waals surface area contributed by atoms with Crippen LogP contribution in [0.25, 0.3) is 11.5 Å². The van der Waals surface area contributed by atoms with Crippen molar-refractivity contribution in [3.8, 4) is 23.0 Å². The van der Waals surface area contributed by atoms with E-state index in [2.05, 4.69) is 15.4 Å². The van der Waals surface area contributed by atoms with Gasteiger partial charge >= 0.3 is 5.69 Å². The molecule has 0 fully saturated rings. The van der Waals surface area contributed by atoms with Gasteiger partial charge in [-0.05, 0) is 24.3 Å². The topological polar surface area (TPSA) is 100 Å². The number of aromatic nitrogens is 4. The van der Waals surface area contributed by atoms with Gasteiger partial charge in [0.25, 0.3) is 0 Å². The largest absolute Gasteiger partial charge is 0.497 e. The van der Waals surface area contributed by atoms with Crippen molar-refractivity contribution in [2.75, 3.05) is 19.5 Å². The third-order valence-electron chi connectivity index (χ3n) is 3.91. The predicted octanol–water partition coefficient (Wildman–Crippen LogP) is 1.30. The van der Waals surface area contributed by atoms with Gasteiger partial charge in [-0.3, -0.25) is 14.3 Å². The van der Waals surface area contributed by atoms with Crippen LogP contribution in [0.3, 0.4) is 0 Å². The quantitative estimate of drug-likeness (QED) is 0.703. The highest BCUT2D eigenvalue weighted by molar-refractivity contribution is 5.92. The van der Waals surface area contributed by atoms with E-state index >= 15 is 0 Å². The number of carbonyl (C=O) groups excluding carboxylic acids is 1. The first-order chi connectivity index (χ1) is 13.0. The number of benzene rings is 1. The highest BCUT2D eigenvalue weighted by Gasteiger charge is 2.16. The smallest absolute Gasteiger partial charge is 0.346 e. The minimum absolute atomic E-state index is 0.250. The van der Waals surface area contributed by atoms with Crippen molar-refractivity contribution in [2.45, 2.75) is 6.54 Å². The monoisotopic (exact) mass is 369 g/mol. The molecule has 0 spiro atoms. The molecule has 1 aromatic carbocycles. The fourth-order valence-corrected chi connectivity index (χ4v) is 2.55. The molecule has 0 radical (unpaired) electrons. The van der Waals surface area contributed by atoms with Crippen molar-refractivity contribution in [1.82, 2.24) is 19.3 Å². The van der Waals surface area contributed by atoms with Crippen LogP contribution >= 0.6 is 0 Å². The molecule has 0 saturated carbocycles. The summed E-state index contributed by atoms with van der Waals surface area (Å²) in [6, 6.07) is 10.4. The van der Waals surface area contributed by atoms with Crippen molar-refractivity contribution in [1.29, 1.82) is 0 Å². The average Bonchev–Trinajstić information content (AvgIpc) is 2.97. The summed E-state index contributed by atoms with van der Waals surface area (Å²) in [5.41, 5.74) is 0.574. The molecule has 1 amide bonds. The molecule has 0 saturated heterocycles. The standard InChI is InChI=1S/C18H19N5O4/c1-22-17(13-6-4-5-9-19-13)21-23(18(22)25)11-16(24)20-14-10-12(26-2)7-8-15(14)27-3/h4-10H,11H2,1-3H3,(H,20,24). The zero-order valence-corrected chi connectivity index (χ0v) is 15.2. The molecule has 2 aromatic heterocycles. The molecule has 3 rings (SSSR count). The molecule has 27 heavy (non-hydrogen) atoms. The lowest BCUT2D eigenvalue weighted by Crippen LogP contribution is -2.29. The summed E-state index contributed by atoms with van der Waals surface area (Å²) in [4.78, 5) is 29.0. The van der Waals surface area contributed by atoms with Crippen molar-refractivity contribution in [3.05, 3.63) is 53.1 Å². The Balaban J connectivity index is 1.82. The molecule has 0 aliphatic carbocycles. The molecular formula is C18H19N5O4. The van der Waals surface area contributed by atoms with Gasteiger partial charge in [-0.1, -0.05) is 6.07 Å². The van der Waals surface area contributed by atoms with E-state index in [-0.39, 0.29) is 6.54 Å². The van der Waals surface area contributed by atoms with Crippen LogP contribution in [0.2, 0.25) is 0 Å². The van der Waals surface area contributed by atoms with Crippen LogP contribution in [-0.2, 0) is 18.4 Å². The number of carbonyl (C=O) groups is 1. The van der Waals surface area contributed by atoms with Gasteiger partial charge in [-0.2, -0.15) is 0 Å². The number of nitrogens with zero attached hydrogens (tertiary/aromatic N) is 4. The van der Waals surface area contributed by atoms with E-state index in [4.69, 9.17) is 9.47 Å². The molecule has 0 unspecified atom stereocenters. The minimum Gasteiger partial charge on any atom is -0.497 e. The minimum atomic E-state index is -0.422. The van der Waals surface area contributed by atoms with Crippen LogP contribution in [0.15, 0.2) is 47.4 Å². The lowest BCUT2D eigenvalue weighted by atomic mass is 10.2. The van der Waals surface area contributed by atoms with Crippen molar-refractivity contribution in [3.63, 3.8) is 0 Å². The Morgan fingerprint density at radius 3 is 2.67 bits per heavy atom. The number of ether oxygens (including phenoxy) is 2. The Morgan fingerprint density at radius 1 is 1.19 bits per heavy atom. The van der Waals surface area contributed by atoms with Crippen LogP contribution in [0.5, 0.6) is 11.5 Å². The van der Waals surface area contributed by atoms with Gasteiger partial charge in [0.2, 0.25) is 5.91 Å². The number of hydrogen-bond acceptors (Lipinski definition) is 6. The van der Waals surface area contributed by atoms with Crippen LogP contribution in [-0.4, -0.2) is 39.5 Å². The van der Waals surface area contributed by atoms with Crippen molar-refractivity contribution in [2.24, 2.45) is 7.05 Å². The molecule has 9 heteroatoms. The van der Waals surface area contributed by atoms with E-state index < -0.39 is 11.6 Å². The Kier molecular flexibility index (Phi) is 5.20. The van der Waals surface area contributed by atoms with Gasteiger partial charge < -0.3 is 14.8 Å². The van der Waals surface area contributed by atoms with Crippen LogP contribution < -0.4 is 20.5 Å². The summed E-state index contributed by atoms with van der Waals surface area (Å²) in [6.07, 6.45) is 1.61. The number of hydrogen-bond donors (Lipinski definition) is 1. The average molecular weight is 369 g/mol. The fraction of sp³-hybridized carbons (Fsp3) is 0.222. The summed E-state index contributed by atoms with van der Waals surface area (Å²) in [7, 11) is 4.61.